The van der Waals surface area contributed by atoms with Gasteiger partial charge in [0.25, 0.3) is 0 Å². The minimum Gasteiger partial charge on any atom is -0.455 e. The number of carbonyl (C=O) groups excluding carboxylic acids is 3. The van der Waals surface area contributed by atoms with Gasteiger partial charge >= 0.3 is 17.9 Å². The Labute approximate surface area is 138 Å². The van der Waals surface area contributed by atoms with Crippen LogP contribution in [0.5, 0.6) is 0 Å². The maximum absolute atomic E-state index is 11.4. The van der Waals surface area contributed by atoms with Gasteiger partial charge in [-0.15, -0.1) is 0 Å². The van der Waals surface area contributed by atoms with Crippen molar-refractivity contribution in [2.75, 3.05) is 0 Å². The van der Waals surface area contributed by atoms with Crippen LogP contribution in [0.2, 0.25) is 0 Å². The Hall–Kier alpha value is -2.42. The predicted molar refractivity (Wildman–Crippen MR) is 76.4 cm³/mol. The van der Waals surface area contributed by atoms with Crippen LogP contribution in [-0.4, -0.2) is 41.6 Å². The third kappa shape index (κ3) is 4.10. The summed E-state index contributed by atoms with van der Waals surface area (Å²) in [6, 6.07) is 1.64. The van der Waals surface area contributed by atoms with Gasteiger partial charge in [-0.1, -0.05) is 12.1 Å². The molecule has 0 saturated carbocycles. The first-order valence-corrected chi connectivity index (χ1v) is 7.44. The second-order valence-corrected chi connectivity index (χ2v) is 5.25. The second kappa shape index (κ2) is 7.43. The molecule has 1 saturated heterocycles. The number of hydrogen-bond acceptors (Lipinski definition) is 9. The van der Waals surface area contributed by atoms with Gasteiger partial charge in [0.15, 0.2) is 6.10 Å². The van der Waals surface area contributed by atoms with Crippen molar-refractivity contribution in [3.05, 3.63) is 17.5 Å². The lowest BCUT2D eigenvalue weighted by Gasteiger charge is -2.22. The van der Waals surface area contributed by atoms with Crippen LogP contribution in [-0.2, 0) is 39.8 Å². The molecule has 1 aliphatic heterocycles. The monoisotopic (exact) mass is 341 g/mol. The summed E-state index contributed by atoms with van der Waals surface area (Å²) in [5.41, 5.74) is 0.352. The zero-order chi connectivity index (χ0) is 17.9. The summed E-state index contributed by atoms with van der Waals surface area (Å²) in [4.78, 5) is 34.1. The van der Waals surface area contributed by atoms with Crippen molar-refractivity contribution in [1.29, 1.82) is 0 Å². The van der Waals surface area contributed by atoms with Gasteiger partial charge in [-0.2, -0.15) is 0 Å². The molecule has 1 aromatic heterocycles. The molecule has 0 aromatic carbocycles. The standard InChI is InChI=1S/C15H19NO8/c1-5-10-6-11(16-24-10)12-13(20-7(2)17)14(21-8(3)18)15(23-12)22-9(4)19/h6,12-15H,5H2,1-4H3/t12-,13-,14-,15?/m1/s1. The second-order valence-electron chi connectivity index (χ2n) is 5.25. The Bertz CT molecular complexity index is 625. The van der Waals surface area contributed by atoms with E-state index >= 15 is 0 Å². The van der Waals surface area contributed by atoms with E-state index in [2.05, 4.69) is 5.16 Å². The number of rotatable bonds is 5. The molecule has 24 heavy (non-hydrogen) atoms. The molecule has 1 aliphatic rings. The number of nitrogens with zero attached hydrogens (tertiary/aromatic N) is 1. The quantitative estimate of drug-likeness (QED) is 0.572. The SMILES string of the molecule is CCc1cc([C@H]2OC(OC(C)=O)[C@H](OC(C)=O)[C@@H]2OC(C)=O)no1. The summed E-state index contributed by atoms with van der Waals surface area (Å²) in [5.74, 6) is -1.26. The van der Waals surface area contributed by atoms with Crippen LogP contribution in [0.3, 0.4) is 0 Å². The van der Waals surface area contributed by atoms with Gasteiger partial charge < -0.3 is 23.5 Å². The molecule has 0 aliphatic carbocycles. The third-order valence-corrected chi connectivity index (χ3v) is 3.27. The topological polar surface area (TPSA) is 114 Å². The van der Waals surface area contributed by atoms with Crippen molar-refractivity contribution in [2.24, 2.45) is 0 Å². The molecule has 132 valence electrons. The molecule has 0 bridgehead atoms. The van der Waals surface area contributed by atoms with Crippen molar-refractivity contribution in [3.63, 3.8) is 0 Å². The van der Waals surface area contributed by atoms with Gasteiger partial charge in [-0.05, 0) is 0 Å². The molecular weight excluding hydrogens is 322 g/mol. The average molecular weight is 341 g/mol. The molecule has 1 fully saturated rings. The average Bonchev–Trinajstić information content (AvgIpc) is 3.05. The van der Waals surface area contributed by atoms with E-state index in [1.54, 1.807) is 6.07 Å². The molecular formula is C15H19NO8. The highest BCUT2D eigenvalue weighted by atomic mass is 16.7. The Morgan fingerprint density at radius 2 is 1.62 bits per heavy atom. The van der Waals surface area contributed by atoms with Crippen LogP contribution in [0, 0.1) is 0 Å². The van der Waals surface area contributed by atoms with Gasteiger partial charge in [0.1, 0.15) is 17.6 Å². The van der Waals surface area contributed by atoms with Crippen LogP contribution in [0.4, 0.5) is 0 Å². The van der Waals surface area contributed by atoms with E-state index in [1.165, 1.54) is 20.8 Å². The molecule has 9 heteroatoms. The maximum Gasteiger partial charge on any atom is 0.305 e. The molecule has 0 radical (unpaired) electrons. The van der Waals surface area contributed by atoms with Crippen molar-refractivity contribution in [2.45, 2.75) is 58.7 Å². The van der Waals surface area contributed by atoms with E-state index in [4.69, 9.17) is 23.5 Å². The van der Waals surface area contributed by atoms with Crippen LogP contribution in [0.1, 0.15) is 45.3 Å². The summed E-state index contributed by atoms with van der Waals surface area (Å²) < 4.78 is 26.2. The number of carbonyl (C=O) groups is 3. The highest BCUT2D eigenvalue weighted by Gasteiger charge is 2.52. The lowest BCUT2D eigenvalue weighted by molar-refractivity contribution is -0.195. The zero-order valence-corrected chi connectivity index (χ0v) is 13.8. The zero-order valence-electron chi connectivity index (χ0n) is 13.8. The number of esters is 3. The highest BCUT2D eigenvalue weighted by Crippen LogP contribution is 2.37. The normalized spacial score (nSPS) is 26.0. The smallest absolute Gasteiger partial charge is 0.305 e. The van der Waals surface area contributed by atoms with Crippen LogP contribution in [0.25, 0.3) is 0 Å². The van der Waals surface area contributed by atoms with Crippen molar-refractivity contribution < 1.29 is 37.9 Å². The van der Waals surface area contributed by atoms with Gasteiger partial charge in [0, 0.05) is 33.3 Å². The number of aromatic nitrogens is 1. The van der Waals surface area contributed by atoms with Gasteiger partial charge in [0.05, 0.1) is 0 Å². The van der Waals surface area contributed by atoms with Crippen molar-refractivity contribution >= 4 is 17.9 Å². The Morgan fingerprint density at radius 1 is 1.04 bits per heavy atom. The summed E-state index contributed by atoms with van der Waals surface area (Å²) >= 11 is 0. The van der Waals surface area contributed by atoms with E-state index in [-0.39, 0.29) is 0 Å². The molecule has 1 unspecified atom stereocenters. The van der Waals surface area contributed by atoms with E-state index in [1.807, 2.05) is 6.92 Å². The maximum atomic E-state index is 11.4. The predicted octanol–water partition coefficient (Wildman–Crippen LogP) is 1.06. The summed E-state index contributed by atoms with van der Waals surface area (Å²) in [5, 5.41) is 3.88. The van der Waals surface area contributed by atoms with E-state index < -0.39 is 42.5 Å². The third-order valence-electron chi connectivity index (χ3n) is 3.27. The van der Waals surface area contributed by atoms with E-state index in [0.717, 1.165) is 0 Å². The van der Waals surface area contributed by atoms with Crippen LogP contribution >= 0.6 is 0 Å². The largest absolute Gasteiger partial charge is 0.455 e. The molecule has 0 spiro atoms. The van der Waals surface area contributed by atoms with Crippen LogP contribution < -0.4 is 0 Å². The molecule has 9 nitrogen and oxygen atoms in total. The molecule has 2 heterocycles. The fourth-order valence-electron chi connectivity index (χ4n) is 2.39. The summed E-state index contributed by atoms with van der Waals surface area (Å²) in [6.45, 7) is 5.47. The minimum atomic E-state index is -1.22. The van der Waals surface area contributed by atoms with E-state index in [9.17, 15) is 14.4 Å². The highest BCUT2D eigenvalue weighted by molar-refractivity contribution is 5.68. The van der Waals surface area contributed by atoms with Gasteiger partial charge in [-0.3, -0.25) is 14.4 Å². The van der Waals surface area contributed by atoms with Crippen LogP contribution in [0.15, 0.2) is 10.6 Å². The number of aryl methyl sites for hydroxylation is 1. The first kappa shape index (κ1) is 17.9. The van der Waals surface area contributed by atoms with Gasteiger partial charge in [-0.25, -0.2) is 0 Å². The van der Waals surface area contributed by atoms with Crippen molar-refractivity contribution in [3.8, 4) is 0 Å². The Morgan fingerprint density at radius 3 is 2.12 bits per heavy atom. The molecule has 1 aromatic rings. The molecule has 0 N–H and O–H groups in total. The number of ether oxygens (including phenoxy) is 4. The fraction of sp³-hybridized carbons (Fsp3) is 0.600. The first-order chi connectivity index (χ1) is 11.3. The Balaban J connectivity index is 2.34. The number of hydrogen-bond donors (Lipinski definition) is 0. The fourth-order valence-corrected chi connectivity index (χ4v) is 2.39. The van der Waals surface area contributed by atoms with E-state index in [0.29, 0.717) is 17.9 Å². The Kier molecular flexibility index (Phi) is 5.55. The lowest BCUT2D eigenvalue weighted by Crippen LogP contribution is -2.39. The van der Waals surface area contributed by atoms with Crippen molar-refractivity contribution in [1.82, 2.24) is 5.16 Å². The first-order valence-electron chi connectivity index (χ1n) is 7.44. The minimum absolute atomic E-state index is 0.352. The lowest BCUT2D eigenvalue weighted by atomic mass is 10.1. The molecule has 0 amide bonds. The molecule has 2 rings (SSSR count). The molecule has 4 atom stereocenters. The summed E-state index contributed by atoms with van der Waals surface area (Å²) in [7, 11) is 0. The summed E-state index contributed by atoms with van der Waals surface area (Å²) in [6.07, 6.45) is -3.64. The van der Waals surface area contributed by atoms with Gasteiger partial charge in [0.2, 0.25) is 12.4 Å².